The topological polar surface area (TPSA) is 67.6 Å². The van der Waals surface area contributed by atoms with Crippen molar-refractivity contribution in [3.63, 3.8) is 0 Å². The Morgan fingerprint density at radius 3 is 2.85 bits per heavy atom. The number of aromatic nitrogens is 2. The van der Waals surface area contributed by atoms with Crippen molar-refractivity contribution in [1.29, 1.82) is 5.26 Å². The van der Waals surface area contributed by atoms with Gasteiger partial charge in [-0.15, -0.1) is 0 Å². The van der Waals surface area contributed by atoms with Crippen molar-refractivity contribution in [2.24, 2.45) is 5.41 Å². The Labute approximate surface area is 80.9 Å². The van der Waals surface area contributed by atoms with Gasteiger partial charge in [-0.1, -0.05) is 11.6 Å². The molecule has 0 bridgehead atoms. The van der Waals surface area contributed by atoms with Gasteiger partial charge < -0.3 is 5.73 Å². The third kappa shape index (κ3) is 1.47. The van der Waals surface area contributed by atoms with Crippen LogP contribution in [-0.2, 0) is 6.54 Å². The summed E-state index contributed by atoms with van der Waals surface area (Å²) in [5.41, 5.74) is 5.27. The van der Waals surface area contributed by atoms with E-state index in [0.717, 1.165) is 12.8 Å². The number of hydrogen-bond donors (Lipinski definition) is 1. The minimum absolute atomic E-state index is 0.207. The first kappa shape index (κ1) is 8.39. The minimum atomic E-state index is -0.207. The molecule has 4 nitrogen and oxygen atoms in total. The van der Waals surface area contributed by atoms with E-state index in [1.165, 1.54) is 0 Å². The van der Waals surface area contributed by atoms with Crippen LogP contribution in [0.2, 0.25) is 5.02 Å². The smallest absolute Gasteiger partial charge is 0.164 e. The summed E-state index contributed by atoms with van der Waals surface area (Å²) in [6.45, 7) is 0.598. The van der Waals surface area contributed by atoms with Crippen molar-refractivity contribution < 1.29 is 0 Å². The van der Waals surface area contributed by atoms with E-state index in [2.05, 4.69) is 11.2 Å². The predicted octanol–water partition coefficient (Wildman–Crippen LogP) is 1.42. The van der Waals surface area contributed by atoms with E-state index in [9.17, 15) is 0 Å². The molecule has 2 rings (SSSR count). The number of anilines is 1. The van der Waals surface area contributed by atoms with Crippen molar-refractivity contribution >= 4 is 17.4 Å². The number of nitrogen functional groups attached to an aromatic ring is 1. The molecule has 0 unspecified atom stereocenters. The van der Waals surface area contributed by atoms with Gasteiger partial charge in [-0.05, 0) is 12.8 Å². The Bertz CT molecular complexity index is 352. The molecule has 13 heavy (non-hydrogen) atoms. The predicted molar refractivity (Wildman–Crippen MR) is 48.9 cm³/mol. The molecule has 0 spiro atoms. The van der Waals surface area contributed by atoms with E-state index in [1.807, 2.05) is 0 Å². The molecule has 0 amide bonds. The maximum Gasteiger partial charge on any atom is 0.164 e. The lowest BCUT2D eigenvalue weighted by atomic mass is 10.1. The van der Waals surface area contributed by atoms with Crippen LogP contribution < -0.4 is 5.73 Å². The highest BCUT2D eigenvalue weighted by molar-refractivity contribution is 6.32. The van der Waals surface area contributed by atoms with Gasteiger partial charge in [0, 0.05) is 6.20 Å². The summed E-state index contributed by atoms with van der Waals surface area (Å²) in [6.07, 6.45) is 3.55. The van der Waals surface area contributed by atoms with E-state index in [4.69, 9.17) is 22.6 Å². The zero-order valence-electron chi connectivity index (χ0n) is 7.00. The normalized spacial score (nSPS) is 18.2. The Kier molecular flexibility index (Phi) is 1.70. The third-order valence-electron chi connectivity index (χ3n) is 2.30. The van der Waals surface area contributed by atoms with E-state index in [1.54, 1.807) is 10.9 Å². The fourth-order valence-electron chi connectivity index (χ4n) is 1.26. The standard InChI is InChI=1S/C8H9ClN4/c9-6-3-13(12-7(6)11)5-8(4-10)1-2-8/h3H,1-2,5H2,(H2,11,12). The summed E-state index contributed by atoms with van der Waals surface area (Å²) >= 11 is 5.73. The first-order valence-electron chi connectivity index (χ1n) is 4.05. The van der Waals surface area contributed by atoms with Gasteiger partial charge in [0.15, 0.2) is 5.82 Å². The van der Waals surface area contributed by atoms with Crippen LogP contribution in [-0.4, -0.2) is 9.78 Å². The van der Waals surface area contributed by atoms with Gasteiger partial charge in [0.2, 0.25) is 0 Å². The highest BCUT2D eigenvalue weighted by Gasteiger charge is 2.43. The maximum atomic E-state index is 8.84. The molecule has 0 radical (unpaired) electrons. The molecule has 1 aliphatic rings. The van der Waals surface area contributed by atoms with Crippen molar-refractivity contribution in [3.05, 3.63) is 11.2 Å². The number of hydrogen-bond acceptors (Lipinski definition) is 3. The van der Waals surface area contributed by atoms with Crippen molar-refractivity contribution in [1.82, 2.24) is 9.78 Å². The second-order valence-corrected chi connectivity index (χ2v) is 3.86. The van der Waals surface area contributed by atoms with Gasteiger partial charge in [-0.2, -0.15) is 10.4 Å². The molecule has 5 heteroatoms. The molecule has 1 aromatic heterocycles. The minimum Gasteiger partial charge on any atom is -0.381 e. The molecule has 1 aromatic rings. The van der Waals surface area contributed by atoms with Gasteiger partial charge in [0.05, 0.1) is 18.0 Å². The van der Waals surface area contributed by atoms with Crippen LogP contribution in [0.1, 0.15) is 12.8 Å². The quantitative estimate of drug-likeness (QED) is 0.778. The number of halogens is 1. The Balaban J connectivity index is 2.15. The van der Waals surface area contributed by atoms with E-state index >= 15 is 0 Å². The zero-order valence-corrected chi connectivity index (χ0v) is 7.75. The molecule has 2 N–H and O–H groups in total. The first-order valence-corrected chi connectivity index (χ1v) is 4.43. The lowest BCUT2D eigenvalue weighted by molar-refractivity contribution is 0.487. The largest absolute Gasteiger partial charge is 0.381 e. The molecule has 0 atom stereocenters. The molecule has 1 heterocycles. The maximum absolute atomic E-state index is 8.84. The third-order valence-corrected chi connectivity index (χ3v) is 2.59. The molecular formula is C8H9ClN4. The Morgan fingerprint density at radius 2 is 2.46 bits per heavy atom. The summed E-state index contributed by atoms with van der Waals surface area (Å²) in [5.74, 6) is 0.329. The van der Waals surface area contributed by atoms with Crippen LogP contribution in [0, 0.1) is 16.7 Å². The molecule has 68 valence electrons. The van der Waals surface area contributed by atoms with Crippen molar-refractivity contribution in [2.75, 3.05) is 5.73 Å². The average Bonchev–Trinajstić information content (AvgIpc) is 2.78. The molecule has 0 aliphatic heterocycles. The fraction of sp³-hybridized carbons (Fsp3) is 0.500. The number of nitrogens with zero attached hydrogens (tertiary/aromatic N) is 3. The van der Waals surface area contributed by atoms with Crippen LogP contribution in [0.5, 0.6) is 0 Å². The first-order chi connectivity index (χ1) is 6.15. The van der Waals surface area contributed by atoms with E-state index in [0.29, 0.717) is 17.4 Å². The summed E-state index contributed by atoms with van der Waals surface area (Å²) in [6, 6.07) is 2.28. The van der Waals surface area contributed by atoms with Crippen molar-refractivity contribution in [3.8, 4) is 6.07 Å². The number of nitriles is 1. The highest BCUT2D eigenvalue weighted by Crippen LogP contribution is 2.46. The van der Waals surface area contributed by atoms with Gasteiger partial charge in [-0.25, -0.2) is 0 Å². The Hall–Kier alpha value is -1.21. The SMILES string of the molecule is N#CC1(Cn2cc(Cl)c(N)n2)CC1. The van der Waals surface area contributed by atoms with Crippen LogP contribution in [0.25, 0.3) is 0 Å². The lowest BCUT2D eigenvalue weighted by Crippen LogP contribution is -2.10. The van der Waals surface area contributed by atoms with Crippen LogP contribution in [0.4, 0.5) is 5.82 Å². The highest BCUT2D eigenvalue weighted by atomic mass is 35.5. The Morgan fingerprint density at radius 1 is 1.77 bits per heavy atom. The fourth-order valence-corrected chi connectivity index (χ4v) is 1.41. The number of nitrogens with two attached hydrogens (primary N) is 1. The van der Waals surface area contributed by atoms with Gasteiger partial charge in [0.25, 0.3) is 0 Å². The van der Waals surface area contributed by atoms with Gasteiger partial charge in [0.1, 0.15) is 5.02 Å². The van der Waals surface area contributed by atoms with Crippen LogP contribution >= 0.6 is 11.6 Å². The molecule has 1 saturated carbocycles. The average molecular weight is 197 g/mol. The summed E-state index contributed by atoms with van der Waals surface area (Å²) in [4.78, 5) is 0. The van der Waals surface area contributed by atoms with Gasteiger partial charge >= 0.3 is 0 Å². The second kappa shape index (κ2) is 2.64. The van der Waals surface area contributed by atoms with Crippen molar-refractivity contribution in [2.45, 2.75) is 19.4 Å². The van der Waals surface area contributed by atoms with Gasteiger partial charge in [-0.3, -0.25) is 4.68 Å². The number of rotatable bonds is 2. The monoisotopic (exact) mass is 196 g/mol. The second-order valence-electron chi connectivity index (χ2n) is 3.45. The molecule has 0 saturated heterocycles. The summed E-state index contributed by atoms with van der Waals surface area (Å²) in [5, 5.41) is 13.3. The molecule has 0 aromatic carbocycles. The lowest BCUT2D eigenvalue weighted by Gasteiger charge is -2.03. The summed E-state index contributed by atoms with van der Waals surface area (Å²) in [7, 11) is 0. The van der Waals surface area contributed by atoms with E-state index < -0.39 is 0 Å². The van der Waals surface area contributed by atoms with Crippen LogP contribution in [0.15, 0.2) is 6.20 Å². The molecule has 1 aliphatic carbocycles. The molecular weight excluding hydrogens is 188 g/mol. The van der Waals surface area contributed by atoms with E-state index in [-0.39, 0.29) is 5.41 Å². The molecule has 1 fully saturated rings. The zero-order chi connectivity index (χ0) is 9.47. The van der Waals surface area contributed by atoms with Crippen LogP contribution in [0.3, 0.4) is 0 Å². The summed E-state index contributed by atoms with van der Waals surface area (Å²) < 4.78 is 1.65.